The van der Waals surface area contributed by atoms with Crippen LogP contribution in [0.3, 0.4) is 0 Å². The molecule has 2 heterocycles. The normalized spacial score (nSPS) is 15.5. The van der Waals surface area contributed by atoms with Crippen LogP contribution in [0.25, 0.3) is 0 Å². The fourth-order valence-corrected chi connectivity index (χ4v) is 3.90. The summed E-state index contributed by atoms with van der Waals surface area (Å²) in [6.45, 7) is 4.51. The molecule has 26 heavy (non-hydrogen) atoms. The van der Waals surface area contributed by atoms with E-state index in [4.69, 9.17) is 9.41 Å². The zero-order chi connectivity index (χ0) is 17.3. The van der Waals surface area contributed by atoms with Crippen molar-refractivity contribution in [1.82, 2.24) is 15.6 Å². The Kier molecular flexibility index (Phi) is 9.45. The number of rotatable bonds is 7. The number of hydrogen-bond acceptors (Lipinski definition) is 4. The first-order chi connectivity index (χ1) is 12.3. The molecule has 0 amide bonds. The molecule has 3 rings (SSSR count). The van der Waals surface area contributed by atoms with Crippen LogP contribution >= 0.6 is 35.3 Å². The third-order valence-electron chi connectivity index (χ3n) is 4.57. The molecule has 1 fully saturated rings. The average molecular weight is 488 g/mol. The smallest absolute Gasteiger partial charge is 0.191 e. The molecule has 2 aromatic rings. The quantitative estimate of drug-likeness (QED) is 0.342. The van der Waals surface area contributed by atoms with Crippen LogP contribution in [0.1, 0.15) is 47.7 Å². The maximum absolute atomic E-state index is 5.39. The van der Waals surface area contributed by atoms with Gasteiger partial charge in [0.05, 0.1) is 12.8 Å². The van der Waals surface area contributed by atoms with Gasteiger partial charge in [-0.2, -0.15) is 0 Å². The molecule has 2 aromatic heterocycles. The zero-order valence-corrected chi connectivity index (χ0v) is 18.5. The van der Waals surface area contributed by atoms with Crippen molar-refractivity contribution in [2.75, 3.05) is 13.1 Å². The van der Waals surface area contributed by atoms with Crippen LogP contribution in [-0.4, -0.2) is 24.0 Å². The van der Waals surface area contributed by atoms with Gasteiger partial charge in [0.2, 0.25) is 0 Å². The Balaban J connectivity index is 0.00000243. The highest BCUT2D eigenvalue weighted by Gasteiger charge is 2.13. The van der Waals surface area contributed by atoms with E-state index >= 15 is 0 Å². The molecule has 1 aliphatic rings. The molecule has 0 spiro atoms. The van der Waals surface area contributed by atoms with Gasteiger partial charge in [-0.15, -0.1) is 35.3 Å². The summed E-state index contributed by atoms with van der Waals surface area (Å²) in [7, 11) is 0. The van der Waals surface area contributed by atoms with Gasteiger partial charge in [0, 0.05) is 30.6 Å². The topological polar surface area (TPSA) is 62.5 Å². The Hall–Kier alpha value is -1.09. The van der Waals surface area contributed by atoms with Crippen molar-refractivity contribution in [3.05, 3.63) is 40.2 Å². The molecule has 0 bridgehead atoms. The van der Waals surface area contributed by atoms with Crippen LogP contribution in [0, 0.1) is 12.8 Å². The monoisotopic (exact) mass is 488 g/mol. The minimum absolute atomic E-state index is 0. The summed E-state index contributed by atoms with van der Waals surface area (Å²) >= 11 is 1.71. The number of hydrogen-bond donors (Lipinski definition) is 2. The lowest BCUT2D eigenvalue weighted by Crippen LogP contribution is -2.41. The molecule has 0 aliphatic heterocycles. The summed E-state index contributed by atoms with van der Waals surface area (Å²) in [5.74, 6) is 2.65. The van der Waals surface area contributed by atoms with Crippen LogP contribution in [0.4, 0.5) is 0 Å². The molecule has 2 N–H and O–H groups in total. The molecule has 0 radical (unpaired) electrons. The van der Waals surface area contributed by atoms with Crippen molar-refractivity contribution < 1.29 is 4.42 Å². The van der Waals surface area contributed by atoms with Gasteiger partial charge >= 0.3 is 0 Å². The Bertz CT molecular complexity index is 650. The zero-order valence-electron chi connectivity index (χ0n) is 15.4. The third-order valence-corrected chi connectivity index (χ3v) is 5.47. The number of aryl methyl sites for hydroxylation is 1. The molecule has 0 unspecified atom stereocenters. The van der Waals surface area contributed by atoms with Crippen LogP contribution < -0.4 is 10.6 Å². The maximum Gasteiger partial charge on any atom is 0.191 e. The first-order valence-corrected chi connectivity index (χ1v) is 10.1. The molecule has 0 saturated heterocycles. The van der Waals surface area contributed by atoms with E-state index in [1.165, 1.54) is 37.0 Å². The van der Waals surface area contributed by atoms with E-state index in [9.17, 15) is 0 Å². The Morgan fingerprint density at radius 2 is 2.15 bits per heavy atom. The molecule has 1 saturated carbocycles. The minimum atomic E-state index is 0. The van der Waals surface area contributed by atoms with Crippen LogP contribution in [-0.2, 0) is 13.0 Å². The summed E-state index contributed by atoms with van der Waals surface area (Å²) in [6.07, 6.45) is 11.3. The van der Waals surface area contributed by atoms with Crippen LogP contribution in [0.15, 0.2) is 34.0 Å². The number of halogens is 1. The van der Waals surface area contributed by atoms with E-state index in [1.54, 1.807) is 17.6 Å². The summed E-state index contributed by atoms with van der Waals surface area (Å²) < 4.78 is 5.39. The number of guanidine groups is 1. The second kappa shape index (κ2) is 11.6. The maximum atomic E-state index is 5.39. The van der Waals surface area contributed by atoms with E-state index in [-0.39, 0.29) is 24.0 Å². The third kappa shape index (κ3) is 7.26. The molecule has 0 atom stereocenters. The van der Waals surface area contributed by atoms with E-state index in [0.29, 0.717) is 6.54 Å². The Labute approximate surface area is 177 Å². The lowest BCUT2D eigenvalue weighted by Gasteiger charge is -2.23. The van der Waals surface area contributed by atoms with Crippen LogP contribution in [0.2, 0.25) is 0 Å². The molecular formula is C19H29IN4OS. The number of nitrogens with zero attached hydrogens (tertiary/aromatic N) is 2. The van der Waals surface area contributed by atoms with Crippen molar-refractivity contribution in [3.63, 3.8) is 0 Å². The minimum Gasteiger partial charge on any atom is -0.469 e. The SMILES string of the molecule is Cc1cnc(CN=C(NCCc2ccco2)NCC2CCCCC2)s1.I. The summed E-state index contributed by atoms with van der Waals surface area (Å²) in [5.41, 5.74) is 0. The Morgan fingerprint density at radius 1 is 1.31 bits per heavy atom. The van der Waals surface area contributed by atoms with Gasteiger partial charge < -0.3 is 15.1 Å². The molecule has 5 nitrogen and oxygen atoms in total. The number of nitrogens with one attached hydrogen (secondary N) is 2. The van der Waals surface area contributed by atoms with Gasteiger partial charge in [0.15, 0.2) is 5.96 Å². The lowest BCUT2D eigenvalue weighted by molar-refractivity contribution is 0.355. The number of aliphatic imine (C=N–C) groups is 1. The van der Waals surface area contributed by atoms with Crippen LogP contribution in [0.5, 0.6) is 0 Å². The highest BCUT2D eigenvalue weighted by molar-refractivity contribution is 14.0. The second-order valence-corrected chi connectivity index (χ2v) is 7.99. The summed E-state index contributed by atoms with van der Waals surface area (Å²) in [5, 5.41) is 8.02. The largest absolute Gasteiger partial charge is 0.469 e. The van der Waals surface area contributed by atoms with Gasteiger partial charge in [-0.25, -0.2) is 9.98 Å². The number of thiazole rings is 1. The van der Waals surface area contributed by atoms with Crippen molar-refractivity contribution >= 4 is 41.3 Å². The molecule has 7 heteroatoms. The first kappa shape index (κ1) is 21.2. The van der Waals surface area contributed by atoms with E-state index in [1.807, 2.05) is 18.3 Å². The van der Waals surface area contributed by atoms with E-state index < -0.39 is 0 Å². The first-order valence-electron chi connectivity index (χ1n) is 9.25. The highest BCUT2D eigenvalue weighted by atomic mass is 127. The van der Waals surface area contributed by atoms with Gasteiger partial charge in [-0.05, 0) is 37.8 Å². The fraction of sp³-hybridized carbons (Fsp3) is 0.579. The number of aromatic nitrogens is 1. The van der Waals surface area contributed by atoms with Crippen molar-refractivity contribution in [3.8, 4) is 0 Å². The van der Waals surface area contributed by atoms with Gasteiger partial charge in [-0.1, -0.05) is 19.3 Å². The summed E-state index contributed by atoms with van der Waals surface area (Å²) in [4.78, 5) is 10.4. The van der Waals surface area contributed by atoms with Gasteiger partial charge in [0.1, 0.15) is 10.8 Å². The molecule has 1 aliphatic carbocycles. The molecular weight excluding hydrogens is 459 g/mol. The summed E-state index contributed by atoms with van der Waals surface area (Å²) in [6, 6.07) is 3.93. The Morgan fingerprint density at radius 3 is 2.85 bits per heavy atom. The average Bonchev–Trinajstić information content (AvgIpc) is 3.29. The standard InChI is InChI=1S/C19H28N4OS.HI/c1-15-12-21-18(25-15)14-23-19(20-10-9-17-8-5-11-24-17)22-13-16-6-3-2-4-7-16;/h5,8,11-12,16H,2-4,6-7,9-10,13-14H2,1H3,(H2,20,22,23);1H. The second-order valence-electron chi connectivity index (χ2n) is 6.67. The molecule has 144 valence electrons. The number of furan rings is 1. The van der Waals surface area contributed by atoms with Gasteiger partial charge in [0.25, 0.3) is 0 Å². The predicted molar refractivity (Wildman–Crippen MR) is 118 cm³/mol. The lowest BCUT2D eigenvalue weighted by atomic mass is 9.89. The highest BCUT2D eigenvalue weighted by Crippen LogP contribution is 2.22. The predicted octanol–water partition coefficient (Wildman–Crippen LogP) is 4.52. The van der Waals surface area contributed by atoms with E-state index in [0.717, 1.165) is 42.2 Å². The van der Waals surface area contributed by atoms with Crippen molar-refractivity contribution in [2.45, 2.75) is 52.0 Å². The fourth-order valence-electron chi connectivity index (χ4n) is 3.19. The van der Waals surface area contributed by atoms with Crippen molar-refractivity contribution in [2.24, 2.45) is 10.9 Å². The van der Waals surface area contributed by atoms with Crippen molar-refractivity contribution in [1.29, 1.82) is 0 Å². The molecule has 0 aromatic carbocycles. The van der Waals surface area contributed by atoms with E-state index in [2.05, 4.69) is 22.5 Å². The van der Waals surface area contributed by atoms with Gasteiger partial charge in [-0.3, -0.25) is 0 Å².